The van der Waals surface area contributed by atoms with Crippen LogP contribution in [0.3, 0.4) is 0 Å². The maximum Gasteiger partial charge on any atom is 0.289 e. The van der Waals surface area contributed by atoms with Gasteiger partial charge in [-0.2, -0.15) is 0 Å². The lowest BCUT2D eigenvalue weighted by Gasteiger charge is -2.34. The molecule has 2 aliphatic rings. The highest BCUT2D eigenvalue weighted by Crippen LogP contribution is 2.31. The Balaban J connectivity index is 1.77. The van der Waals surface area contributed by atoms with Gasteiger partial charge in [-0.15, -0.1) is 0 Å². The normalized spacial score (nSPS) is 27.4. The van der Waals surface area contributed by atoms with Crippen LogP contribution in [-0.4, -0.2) is 47.4 Å². The van der Waals surface area contributed by atoms with E-state index in [4.69, 9.17) is 16.0 Å². The molecule has 2 fully saturated rings. The van der Waals surface area contributed by atoms with Crippen LogP contribution in [0.15, 0.2) is 16.5 Å². The number of likely N-dealkylation sites (N-methyl/N-ethyl adjacent to an activating group) is 1. The van der Waals surface area contributed by atoms with Crippen molar-refractivity contribution in [3.05, 3.63) is 23.1 Å². The summed E-state index contributed by atoms with van der Waals surface area (Å²) in [4.78, 5) is 17.1. The van der Waals surface area contributed by atoms with Crippen LogP contribution in [0.1, 0.15) is 43.2 Å². The number of amides is 1. The Bertz CT molecular complexity index is 488. The number of likely N-dealkylation sites (tertiary alicyclic amines) is 2. The molecule has 0 saturated carbocycles. The molecule has 3 heterocycles. The van der Waals surface area contributed by atoms with Crippen molar-refractivity contribution in [2.45, 2.75) is 44.7 Å². The predicted octanol–water partition coefficient (Wildman–Crippen LogP) is 3.02. The van der Waals surface area contributed by atoms with Crippen molar-refractivity contribution in [2.75, 3.05) is 19.6 Å². The lowest BCUT2D eigenvalue weighted by atomic mass is 10.0. The van der Waals surface area contributed by atoms with Crippen molar-refractivity contribution in [2.24, 2.45) is 0 Å². The smallest absolute Gasteiger partial charge is 0.289 e. The van der Waals surface area contributed by atoms with Gasteiger partial charge in [-0.3, -0.25) is 9.69 Å². The van der Waals surface area contributed by atoms with E-state index in [0.717, 1.165) is 32.5 Å². The van der Waals surface area contributed by atoms with Crippen LogP contribution in [0, 0.1) is 0 Å². The van der Waals surface area contributed by atoms with E-state index in [1.807, 2.05) is 4.90 Å². The lowest BCUT2D eigenvalue weighted by molar-refractivity contribution is 0.0619. The molecule has 3 rings (SSSR count). The third-order valence-electron chi connectivity index (χ3n) is 4.61. The second-order valence-corrected chi connectivity index (χ2v) is 6.02. The highest BCUT2D eigenvalue weighted by Gasteiger charge is 2.39. The van der Waals surface area contributed by atoms with Gasteiger partial charge in [0.05, 0.1) is 0 Å². The number of nitrogens with zero attached hydrogens (tertiary/aromatic N) is 2. The van der Waals surface area contributed by atoms with Gasteiger partial charge in [-0.1, -0.05) is 6.92 Å². The van der Waals surface area contributed by atoms with E-state index in [1.54, 1.807) is 12.1 Å². The molecule has 0 spiro atoms. The Morgan fingerprint density at radius 2 is 2.05 bits per heavy atom. The van der Waals surface area contributed by atoms with Gasteiger partial charge in [-0.25, -0.2) is 0 Å². The minimum absolute atomic E-state index is 0.0117. The third kappa shape index (κ3) is 2.47. The predicted molar refractivity (Wildman–Crippen MR) is 78.0 cm³/mol. The second-order valence-electron chi connectivity index (χ2n) is 5.65. The highest BCUT2D eigenvalue weighted by molar-refractivity contribution is 6.29. The van der Waals surface area contributed by atoms with Crippen LogP contribution >= 0.6 is 11.6 Å². The molecule has 2 saturated heterocycles. The van der Waals surface area contributed by atoms with Gasteiger partial charge >= 0.3 is 0 Å². The van der Waals surface area contributed by atoms with Gasteiger partial charge in [0.15, 0.2) is 11.0 Å². The first-order valence-electron chi connectivity index (χ1n) is 7.51. The molecule has 2 aliphatic heterocycles. The summed E-state index contributed by atoms with van der Waals surface area (Å²) in [6, 6.07) is 4.14. The van der Waals surface area contributed by atoms with E-state index >= 15 is 0 Å². The number of furan rings is 1. The zero-order chi connectivity index (χ0) is 14.1. The van der Waals surface area contributed by atoms with Crippen molar-refractivity contribution < 1.29 is 9.21 Å². The fourth-order valence-corrected chi connectivity index (χ4v) is 3.84. The van der Waals surface area contributed by atoms with E-state index in [1.165, 1.54) is 12.8 Å². The van der Waals surface area contributed by atoms with Crippen molar-refractivity contribution >= 4 is 17.5 Å². The second kappa shape index (κ2) is 5.78. The minimum atomic E-state index is -0.0117. The van der Waals surface area contributed by atoms with Crippen LogP contribution in [0.25, 0.3) is 0 Å². The number of rotatable bonds is 3. The topological polar surface area (TPSA) is 36.7 Å². The summed E-state index contributed by atoms with van der Waals surface area (Å²) in [5.41, 5.74) is 0. The summed E-state index contributed by atoms with van der Waals surface area (Å²) in [6.07, 6.45) is 4.62. The van der Waals surface area contributed by atoms with E-state index in [2.05, 4.69) is 11.8 Å². The van der Waals surface area contributed by atoms with Gasteiger partial charge < -0.3 is 9.32 Å². The maximum atomic E-state index is 12.6. The van der Waals surface area contributed by atoms with Crippen molar-refractivity contribution in [3.63, 3.8) is 0 Å². The van der Waals surface area contributed by atoms with E-state index in [0.29, 0.717) is 17.8 Å². The number of carbonyl (C=O) groups excluding carboxylic acids is 1. The molecule has 20 heavy (non-hydrogen) atoms. The quantitative estimate of drug-likeness (QED) is 0.860. The largest absolute Gasteiger partial charge is 0.440 e. The summed E-state index contributed by atoms with van der Waals surface area (Å²) in [5, 5.41) is 0.278. The Hall–Kier alpha value is -1.00. The first-order valence-corrected chi connectivity index (χ1v) is 7.89. The zero-order valence-electron chi connectivity index (χ0n) is 11.8. The van der Waals surface area contributed by atoms with E-state index < -0.39 is 0 Å². The van der Waals surface area contributed by atoms with E-state index in [9.17, 15) is 4.79 Å². The maximum absolute atomic E-state index is 12.6. The number of hydrogen-bond acceptors (Lipinski definition) is 3. The average molecular weight is 297 g/mol. The zero-order valence-corrected chi connectivity index (χ0v) is 12.6. The van der Waals surface area contributed by atoms with Gasteiger partial charge in [0.25, 0.3) is 5.91 Å². The molecule has 0 aliphatic carbocycles. The SMILES string of the molecule is CCN1CCC[C@@H]1[C@@H]1CCCN1C(=O)c1ccc(Cl)o1. The Kier molecular flexibility index (Phi) is 4.03. The standard InChI is InChI=1S/C15H21ClN2O2/c1-2-17-9-3-5-11(17)12-6-4-10-18(12)15(19)13-7-8-14(16)20-13/h7-8,11-12H,2-6,9-10H2,1H3/t11-,12+/m1/s1. The van der Waals surface area contributed by atoms with Gasteiger partial charge in [0, 0.05) is 18.6 Å². The summed E-state index contributed by atoms with van der Waals surface area (Å²) >= 11 is 5.77. The molecule has 0 bridgehead atoms. The fraction of sp³-hybridized carbons (Fsp3) is 0.667. The van der Waals surface area contributed by atoms with Crippen molar-refractivity contribution in [1.82, 2.24) is 9.80 Å². The number of halogens is 1. The minimum Gasteiger partial charge on any atom is -0.440 e. The number of carbonyl (C=O) groups is 1. The number of hydrogen-bond donors (Lipinski definition) is 0. The monoisotopic (exact) mass is 296 g/mol. The molecular formula is C15H21ClN2O2. The first-order chi connectivity index (χ1) is 9.70. The molecular weight excluding hydrogens is 276 g/mol. The van der Waals surface area contributed by atoms with Gasteiger partial charge in [0.2, 0.25) is 0 Å². The molecule has 1 aromatic rings. The average Bonchev–Trinajstić information content (AvgIpc) is 3.16. The van der Waals surface area contributed by atoms with E-state index in [-0.39, 0.29) is 11.1 Å². The Labute approximate surface area is 124 Å². The van der Waals surface area contributed by atoms with Gasteiger partial charge in [-0.05, 0) is 62.5 Å². The molecule has 0 N–H and O–H groups in total. The molecule has 4 nitrogen and oxygen atoms in total. The van der Waals surface area contributed by atoms with Gasteiger partial charge in [0.1, 0.15) is 0 Å². The fourth-order valence-electron chi connectivity index (χ4n) is 3.70. The van der Waals surface area contributed by atoms with Crippen molar-refractivity contribution in [1.29, 1.82) is 0 Å². The molecule has 5 heteroatoms. The molecule has 2 atom stereocenters. The Morgan fingerprint density at radius 3 is 2.75 bits per heavy atom. The van der Waals surface area contributed by atoms with Crippen molar-refractivity contribution in [3.8, 4) is 0 Å². The van der Waals surface area contributed by atoms with Crippen LogP contribution in [0.2, 0.25) is 5.22 Å². The van der Waals surface area contributed by atoms with Crippen LogP contribution in [-0.2, 0) is 0 Å². The molecule has 1 aromatic heterocycles. The molecule has 0 unspecified atom stereocenters. The molecule has 110 valence electrons. The summed E-state index contributed by atoms with van der Waals surface area (Å²) < 4.78 is 5.28. The third-order valence-corrected chi connectivity index (χ3v) is 4.81. The summed E-state index contributed by atoms with van der Waals surface area (Å²) in [7, 11) is 0. The molecule has 1 amide bonds. The van der Waals surface area contributed by atoms with Crippen LogP contribution in [0.5, 0.6) is 0 Å². The highest BCUT2D eigenvalue weighted by atomic mass is 35.5. The first kappa shape index (κ1) is 14.0. The molecule has 0 aromatic carbocycles. The molecule has 0 radical (unpaired) electrons. The lowest BCUT2D eigenvalue weighted by Crippen LogP contribution is -2.48. The van der Waals surface area contributed by atoms with Crippen LogP contribution < -0.4 is 0 Å². The summed E-state index contributed by atoms with van der Waals surface area (Å²) in [5.74, 6) is 0.352. The van der Waals surface area contributed by atoms with Crippen LogP contribution in [0.4, 0.5) is 0 Å². The Morgan fingerprint density at radius 1 is 1.30 bits per heavy atom. The summed E-state index contributed by atoms with van der Waals surface area (Å²) in [6.45, 7) is 5.25.